The summed E-state index contributed by atoms with van der Waals surface area (Å²) in [6.45, 7) is 0. The SMILES string of the molecule is c1ccc(-c2ccccc2N(c2ccc(-c3ccc4c(c3)c3ccccc3n4-c3ccccc3)cc2)c2cccc3c2-c2ccccc2C32c3ccccc3-c3ccc4c(oc5ccccc54)c32)cc1. The fraction of sp³-hybridized carbons (Fsp3) is 0.0149. The molecule has 0 saturated heterocycles. The molecule has 0 fully saturated rings. The minimum atomic E-state index is -0.627. The molecule has 13 aromatic rings. The van der Waals surface area contributed by atoms with Gasteiger partial charge in [0.1, 0.15) is 11.2 Å². The summed E-state index contributed by atoms with van der Waals surface area (Å²) < 4.78 is 9.40. The Labute approximate surface area is 405 Å². The van der Waals surface area contributed by atoms with Gasteiger partial charge >= 0.3 is 0 Å². The average Bonchev–Trinajstić information content (AvgIpc) is 4.17. The van der Waals surface area contributed by atoms with Gasteiger partial charge in [-0.25, -0.2) is 0 Å². The average molecular weight is 891 g/mol. The summed E-state index contributed by atoms with van der Waals surface area (Å²) in [6, 6.07) is 93.4. The second kappa shape index (κ2) is 14.9. The van der Waals surface area contributed by atoms with E-state index < -0.39 is 5.41 Å². The Morgan fingerprint density at radius 3 is 1.80 bits per heavy atom. The normalized spacial score (nSPS) is 14.3. The minimum Gasteiger partial charge on any atom is -0.456 e. The van der Waals surface area contributed by atoms with Crippen molar-refractivity contribution in [3.05, 3.63) is 277 Å². The smallest absolute Gasteiger partial charge is 0.140 e. The molecule has 3 heteroatoms. The molecule has 1 unspecified atom stereocenters. The predicted molar refractivity (Wildman–Crippen MR) is 290 cm³/mol. The van der Waals surface area contributed by atoms with Crippen LogP contribution in [0, 0.1) is 0 Å². The van der Waals surface area contributed by atoms with Gasteiger partial charge in [-0.3, -0.25) is 0 Å². The van der Waals surface area contributed by atoms with E-state index in [1.54, 1.807) is 0 Å². The van der Waals surface area contributed by atoms with Gasteiger partial charge in [0.2, 0.25) is 0 Å². The van der Waals surface area contributed by atoms with Gasteiger partial charge in [-0.2, -0.15) is 0 Å². The summed E-state index contributed by atoms with van der Waals surface area (Å²) in [5.74, 6) is 0. The largest absolute Gasteiger partial charge is 0.456 e. The van der Waals surface area contributed by atoms with Crippen LogP contribution < -0.4 is 4.90 Å². The Balaban J connectivity index is 0.960. The molecule has 0 aliphatic heterocycles. The lowest BCUT2D eigenvalue weighted by molar-refractivity contribution is 0.652. The number of fused-ring (bicyclic) bond motifs is 17. The molecule has 1 spiro atoms. The Morgan fingerprint density at radius 2 is 0.971 bits per heavy atom. The van der Waals surface area contributed by atoms with Gasteiger partial charge in [0.15, 0.2) is 0 Å². The fourth-order valence-corrected chi connectivity index (χ4v) is 12.4. The first-order valence-electron chi connectivity index (χ1n) is 24.2. The zero-order valence-corrected chi connectivity index (χ0v) is 38.1. The molecule has 15 rings (SSSR count). The van der Waals surface area contributed by atoms with E-state index in [0.29, 0.717) is 0 Å². The number of nitrogens with zero attached hydrogens (tertiary/aromatic N) is 2. The van der Waals surface area contributed by atoms with Gasteiger partial charge in [-0.05, 0) is 117 Å². The molecule has 70 heavy (non-hydrogen) atoms. The maximum Gasteiger partial charge on any atom is 0.140 e. The van der Waals surface area contributed by atoms with E-state index in [4.69, 9.17) is 4.42 Å². The molecule has 0 radical (unpaired) electrons. The Hall–Kier alpha value is -9.18. The molecule has 2 heterocycles. The zero-order valence-electron chi connectivity index (χ0n) is 38.1. The van der Waals surface area contributed by atoms with Crippen LogP contribution in [0.3, 0.4) is 0 Å². The lowest BCUT2D eigenvalue weighted by atomic mass is 9.70. The number of rotatable bonds is 6. The summed E-state index contributed by atoms with van der Waals surface area (Å²) >= 11 is 0. The molecule has 0 N–H and O–H groups in total. The molecule has 1 atom stereocenters. The molecule has 2 aromatic heterocycles. The van der Waals surface area contributed by atoms with Crippen LogP contribution in [0.25, 0.3) is 93.9 Å². The van der Waals surface area contributed by atoms with Crippen LogP contribution >= 0.6 is 0 Å². The molecular formula is C67H42N2O. The maximum atomic E-state index is 7.03. The summed E-state index contributed by atoms with van der Waals surface area (Å²) in [5.41, 5.74) is 22.7. The Bertz CT molecular complexity index is 4240. The highest BCUT2D eigenvalue weighted by molar-refractivity contribution is 6.13. The molecule has 0 bridgehead atoms. The van der Waals surface area contributed by atoms with Crippen molar-refractivity contribution in [1.82, 2.24) is 4.57 Å². The van der Waals surface area contributed by atoms with Crippen LogP contribution in [0.4, 0.5) is 17.1 Å². The van der Waals surface area contributed by atoms with Crippen LogP contribution in [0.5, 0.6) is 0 Å². The predicted octanol–water partition coefficient (Wildman–Crippen LogP) is 17.8. The Morgan fingerprint density at radius 1 is 0.357 bits per heavy atom. The number of benzene rings is 11. The molecule has 11 aromatic carbocycles. The third-order valence-corrected chi connectivity index (χ3v) is 15.2. The topological polar surface area (TPSA) is 21.3 Å². The van der Waals surface area contributed by atoms with Crippen molar-refractivity contribution in [2.24, 2.45) is 0 Å². The van der Waals surface area contributed by atoms with E-state index >= 15 is 0 Å². The fourth-order valence-electron chi connectivity index (χ4n) is 12.4. The number of hydrogen-bond donors (Lipinski definition) is 0. The minimum absolute atomic E-state index is 0.627. The van der Waals surface area contributed by atoms with Gasteiger partial charge in [-0.1, -0.05) is 188 Å². The van der Waals surface area contributed by atoms with Crippen molar-refractivity contribution in [1.29, 1.82) is 0 Å². The van der Waals surface area contributed by atoms with E-state index in [-0.39, 0.29) is 0 Å². The van der Waals surface area contributed by atoms with Gasteiger partial charge in [0, 0.05) is 49.6 Å². The number of para-hydroxylation sites is 4. The van der Waals surface area contributed by atoms with Crippen molar-refractivity contribution < 1.29 is 4.42 Å². The Kier molecular flexibility index (Phi) is 8.28. The summed E-state index contributed by atoms with van der Waals surface area (Å²) in [7, 11) is 0. The second-order valence-electron chi connectivity index (χ2n) is 18.7. The highest BCUT2D eigenvalue weighted by atomic mass is 16.3. The van der Waals surface area contributed by atoms with Crippen molar-refractivity contribution in [3.8, 4) is 50.2 Å². The molecule has 326 valence electrons. The van der Waals surface area contributed by atoms with Gasteiger partial charge in [0.25, 0.3) is 0 Å². The van der Waals surface area contributed by atoms with E-state index in [9.17, 15) is 0 Å². The number of anilines is 3. The highest BCUT2D eigenvalue weighted by Crippen LogP contribution is 2.66. The first-order chi connectivity index (χ1) is 34.8. The quantitative estimate of drug-likeness (QED) is 0.166. The van der Waals surface area contributed by atoms with E-state index in [0.717, 1.165) is 61.4 Å². The number of furan rings is 1. The molecular weight excluding hydrogens is 849 g/mol. The van der Waals surface area contributed by atoms with Gasteiger partial charge < -0.3 is 13.9 Å². The summed E-state index contributed by atoms with van der Waals surface area (Å²) in [5, 5.41) is 4.76. The van der Waals surface area contributed by atoms with Crippen molar-refractivity contribution in [3.63, 3.8) is 0 Å². The van der Waals surface area contributed by atoms with Crippen molar-refractivity contribution in [2.45, 2.75) is 5.41 Å². The zero-order chi connectivity index (χ0) is 45.9. The third-order valence-electron chi connectivity index (χ3n) is 15.2. The summed E-state index contributed by atoms with van der Waals surface area (Å²) in [4.78, 5) is 2.50. The second-order valence-corrected chi connectivity index (χ2v) is 18.7. The summed E-state index contributed by atoms with van der Waals surface area (Å²) in [6.07, 6.45) is 0. The molecule has 2 aliphatic carbocycles. The molecule has 0 saturated carbocycles. The van der Waals surface area contributed by atoms with Crippen molar-refractivity contribution in [2.75, 3.05) is 4.90 Å². The number of hydrogen-bond acceptors (Lipinski definition) is 2. The lowest BCUT2D eigenvalue weighted by Gasteiger charge is -2.32. The standard InChI is InChI=1S/C67H42N2O/c1-3-18-44(19-4-1)48-22-9-14-30-59(48)69(47-37-34-43(35-38-47)45-36-41-61-55(42-45)50-24-10-15-31-60(50)68(61)46-20-5-2-6-21-46)62-32-17-29-58-64(62)54-26-8-13-28-57(54)67(58)56-27-12-7-23-49(56)52-39-40-53-51-25-11-16-33-63(51)70-66(53)65(52)67/h1-42H. The lowest BCUT2D eigenvalue weighted by Crippen LogP contribution is -2.26. The number of aromatic nitrogens is 1. The van der Waals surface area contributed by atoms with E-state index in [1.165, 1.54) is 71.9 Å². The van der Waals surface area contributed by atoms with Crippen molar-refractivity contribution >= 4 is 60.8 Å². The monoisotopic (exact) mass is 890 g/mol. The van der Waals surface area contributed by atoms with E-state index in [2.05, 4.69) is 264 Å². The molecule has 2 aliphatic rings. The van der Waals surface area contributed by atoms with Gasteiger partial charge in [0.05, 0.1) is 27.8 Å². The van der Waals surface area contributed by atoms with Crippen LogP contribution in [-0.4, -0.2) is 4.57 Å². The third kappa shape index (κ3) is 5.34. The van der Waals surface area contributed by atoms with E-state index in [1.807, 2.05) is 0 Å². The van der Waals surface area contributed by atoms with Crippen LogP contribution in [0.2, 0.25) is 0 Å². The molecule has 3 nitrogen and oxygen atoms in total. The van der Waals surface area contributed by atoms with Crippen LogP contribution in [0.1, 0.15) is 22.3 Å². The molecule has 0 amide bonds. The van der Waals surface area contributed by atoms with Gasteiger partial charge in [-0.15, -0.1) is 0 Å². The van der Waals surface area contributed by atoms with Crippen LogP contribution in [-0.2, 0) is 5.41 Å². The highest BCUT2D eigenvalue weighted by Gasteiger charge is 2.54. The first kappa shape index (κ1) is 38.9. The van der Waals surface area contributed by atoms with Crippen LogP contribution in [0.15, 0.2) is 259 Å². The first-order valence-corrected chi connectivity index (χ1v) is 24.2. The maximum absolute atomic E-state index is 7.03.